The third kappa shape index (κ3) is 4.25. The van der Waals surface area contributed by atoms with E-state index in [1.807, 2.05) is 0 Å². The Hall–Kier alpha value is -1.46. The zero-order chi connectivity index (χ0) is 15.6. The fraction of sp³-hybridized carbons (Fsp3) is 0.143. The Balaban J connectivity index is 2.13. The minimum Gasteiger partial charge on any atom is -0.380 e. The lowest BCUT2D eigenvalue weighted by atomic mass is 10.2. The average molecular weight is 338 g/mol. The van der Waals surface area contributed by atoms with Gasteiger partial charge in [0, 0.05) is 11.6 Å². The van der Waals surface area contributed by atoms with Crippen LogP contribution in [0.4, 0.5) is 23.2 Å². The van der Waals surface area contributed by atoms with Crippen molar-refractivity contribution in [2.24, 2.45) is 0 Å². The van der Waals surface area contributed by atoms with Gasteiger partial charge in [-0.15, -0.1) is 0 Å². The predicted molar refractivity (Wildman–Crippen MR) is 75.2 cm³/mol. The van der Waals surface area contributed by atoms with Crippen molar-refractivity contribution in [3.05, 3.63) is 63.4 Å². The van der Waals surface area contributed by atoms with Crippen LogP contribution in [0.2, 0.25) is 10.0 Å². The number of halogens is 6. The lowest BCUT2D eigenvalue weighted by molar-refractivity contribution is -0.137. The summed E-state index contributed by atoms with van der Waals surface area (Å²) >= 11 is 11.5. The summed E-state index contributed by atoms with van der Waals surface area (Å²) in [7, 11) is 0. The summed E-state index contributed by atoms with van der Waals surface area (Å²) in [5, 5.41) is 3.02. The Bertz CT molecular complexity index is 636. The smallest absolute Gasteiger partial charge is 0.380 e. The number of hydrogen-bond donors (Lipinski definition) is 1. The molecular formula is C14H9Cl2F4N. The standard InChI is InChI=1S/C14H9Cl2F4N/c15-10-3-8(4-11(17)6-10)7-21-13-2-1-9(5-12(13)16)14(18,19)20/h1-6,21H,7H2. The molecule has 112 valence electrons. The zero-order valence-corrected chi connectivity index (χ0v) is 12.0. The monoisotopic (exact) mass is 337 g/mol. The minimum atomic E-state index is -4.45. The molecule has 0 amide bonds. The molecule has 1 nitrogen and oxygen atoms in total. The highest BCUT2D eigenvalue weighted by Crippen LogP contribution is 2.33. The van der Waals surface area contributed by atoms with Crippen LogP contribution in [-0.2, 0) is 12.7 Å². The van der Waals surface area contributed by atoms with Crippen molar-refractivity contribution in [2.45, 2.75) is 12.7 Å². The molecule has 2 aromatic rings. The molecule has 0 bridgehead atoms. The molecule has 0 radical (unpaired) electrons. The summed E-state index contributed by atoms with van der Waals surface area (Å²) in [4.78, 5) is 0. The first-order chi connectivity index (χ1) is 9.75. The quantitative estimate of drug-likeness (QED) is 0.701. The second kappa shape index (κ2) is 6.12. The Morgan fingerprint density at radius 1 is 1.00 bits per heavy atom. The maximum atomic E-state index is 13.2. The van der Waals surface area contributed by atoms with Gasteiger partial charge < -0.3 is 5.32 Å². The number of hydrogen-bond acceptors (Lipinski definition) is 1. The van der Waals surface area contributed by atoms with E-state index in [1.54, 1.807) is 6.07 Å². The van der Waals surface area contributed by atoms with E-state index in [0.29, 0.717) is 11.3 Å². The molecule has 0 unspecified atom stereocenters. The topological polar surface area (TPSA) is 12.0 Å². The molecule has 2 rings (SSSR count). The first kappa shape index (κ1) is 15.9. The van der Waals surface area contributed by atoms with Gasteiger partial charge in [0.05, 0.1) is 16.3 Å². The maximum absolute atomic E-state index is 13.2. The summed E-state index contributed by atoms with van der Waals surface area (Å²) in [5.74, 6) is -0.488. The van der Waals surface area contributed by atoms with Gasteiger partial charge in [-0.1, -0.05) is 23.2 Å². The summed E-state index contributed by atoms with van der Waals surface area (Å²) in [6.45, 7) is 0.183. The summed E-state index contributed by atoms with van der Waals surface area (Å²) in [6, 6.07) is 6.98. The molecule has 0 aliphatic heterocycles. The molecule has 21 heavy (non-hydrogen) atoms. The first-order valence-electron chi connectivity index (χ1n) is 5.81. The van der Waals surface area contributed by atoms with Crippen molar-refractivity contribution in [3.63, 3.8) is 0 Å². The third-order valence-electron chi connectivity index (χ3n) is 2.70. The highest BCUT2D eigenvalue weighted by atomic mass is 35.5. The fourth-order valence-electron chi connectivity index (χ4n) is 1.75. The lowest BCUT2D eigenvalue weighted by Gasteiger charge is -2.12. The van der Waals surface area contributed by atoms with Gasteiger partial charge in [-0.25, -0.2) is 4.39 Å². The van der Waals surface area contributed by atoms with Gasteiger partial charge in [0.2, 0.25) is 0 Å². The third-order valence-corrected chi connectivity index (χ3v) is 3.23. The van der Waals surface area contributed by atoms with E-state index in [4.69, 9.17) is 23.2 Å². The molecule has 0 spiro atoms. The summed E-state index contributed by atoms with van der Waals surface area (Å²) < 4.78 is 50.7. The Labute approximate surface area is 128 Å². The molecule has 0 heterocycles. The molecule has 0 saturated carbocycles. The van der Waals surface area contributed by atoms with Crippen LogP contribution in [0, 0.1) is 5.82 Å². The molecule has 0 aromatic heterocycles. The molecule has 0 atom stereocenters. The van der Waals surface area contributed by atoms with Crippen LogP contribution in [0.3, 0.4) is 0 Å². The average Bonchev–Trinajstić information content (AvgIpc) is 2.35. The number of benzene rings is 2. The van der Waals surface area contributed by atoms with Crippen molar-refractivity contribution < 1.29 is 17.6 Å². The number of rotatable bonds is 3. The summed E-state index contributed by atoms with van der Waals surface area (Å²) in [6.07, 6.45) is -4.45. The lowest BCUT2D eigenvalue weighted by Crippen LogP contribution is -2.06. The normalized spacial score (nSPS) is 11.5. The van der Waals surface area contributed by atoms with Crippen molar-refractivity contribution in [1.82, 2.24) is 0 Å². The van der Waals surface area contributed by atoms with E-state index < -0.39 is 17.6 Å². The predicted octanol–water partition coefficient (Wildman–Crippen LogP) is 5.76. The zero-order valence-electron chi connectivity index (χ0n) is 10.4. The number of anilines is 1. The first-order valence-corrected chi connectivity index (χ1v) is 6.57. The second-order valence-electron chi connectivity index (χ2n) is 4.32. The van der Waals surface area contributed by atoms with Gasteiger partial charge in [-0.2, -0.15) is 13.2 Å². The number of nitrogens with one attached hydrogen (secondary N) is 1. The van der Waals surface area contributed by atoms with Gasteiger partial charge in [-0.3, -0.25) is 0 Å². The molecule has 2 aromatic carbocycles. The van der Waals surface area contributed by atoms with E-state index in [2.05, 4.69) is 5.32 Å². The Kier molecular flexibility index (Phi) is 4.64. The van der Waals surface area contributed by atoms with Crippen molar-refractivity contribution in [2.75, 3.05) is 5.32 Å². The SMILES string of the molecule is Fc1cc(Cl)cc(CNc2ccc(C(F)(F)F)cc2Cl)c1. The molecule has 0 aliphatic rings. The molecule has 7 heteroatoms. The maximum Gasteiger partial charge on any atom is 0.416 e. The van der Waals surface area contributed by atoms with Crippen LogP contribution < -0.4 is 5.32 Å². The van der Waals surface area contributed by atoms with Gasteiger partial charge in [-0.05, 0) is 42.0 Å². The largest absolute Gasteiger partial charge is 0.416 e. The molecule has 0 saturated heterocycles. The van der Waals surface area contributed by atoms with E-state index >= 15 is 0 Å². The van der Waals surface area contributed by atoms with E-state index in [-0.39, 0.29) is 16.6 Å². The Morgan fingerprint density at radius 3 is 2.29 bits per heavy atom. The van der Waals surface area contributed by atoms with Gasteiger partial charge >= 0.3 is 6.18 Å². The molecular weight excluding hydrogens is 329 g/mol. The molecule has 1 N–H and O–H groups in total. The minimum absolute atomic E-state index is 0.0627. The van der Waals surface area contributed by atoms with Crippen molar-refractivity contribution in [3.8, 4) is 0 Å². The van der Waals surface area contributed by atoms with Crippen LogP contribution >= 0.6 is 23.2 Å². The highest BCUT2D eigenvalue weighted by molar-refractivity contribution is 6.33. The Morgan fingerprint density at radius 2 is 1.71 bits per heavy atom. The van der Waals surface area contributed by atoms with E-state index in [9.17, 15) is 17.6 Å². The number of alkyl halides is 3. The fourth-order valence-corrected chi connectivity index (χ4v) is 2.24. The second-order valence-corrected chi connectivity index (χ2v) is 5.17. The van der Waals surface area contributed by atoms with E-state index in [1.165, 1.54) is 12.1 Å². The van der Waals surface area contributed by atoms with E-state index in [0.717, 1.165) is 18.2 Å². The van der Waals surface area contributed by atoms with Crippen LogP contribution in [0.1, 0.15) is 11.1 Å². The van der Waals surface area contributed by atoms with Crippen LogP contribution in [0.5, 0.6) is 0 Å². The van der Waals surface area contributed by atoms with Crippen LogP contribution in [0.15, 0.2) is 36.4 Å². The van der Waals surface area contributed by atoms with Gasteiger partial charge in [0.1, 0.15) is 5.82 Å². The van der Waals surface area contributed by atoms with Crippen LogP contribution in [0.25, 0.3) is 0 Å². The van der Waals surface area contributed by atoms with Gasteiger partial charge in [0.25, 0.3) is 0 Å². The van der Waals surface area contributed by atoms with Crippen LogP contribution in [-0.4, -0.2) is 0 Å². The highest BCUT2D eigenvalue weighted by Gasteiger charge is 2.30. The van der Waals surface area contributed by atoms with Crippen molar-refractivity contribution in [1.29, 1.82) is 0 Å². The summed E-state index contributed by atoms with van der Waals surface area (Å²) in [5.41, 5.74) is 0.0489. The van der Waals surface area contributed by atoms with Crippen molar-refractivity contribution >= 4 is 28.9 Å². The molecule has 0 fully saturated rings. The molecule has 0 aliphatic carbocycles. The van der Waals surface area contributed by atoms with Gasteiger partial charge in [0.15, 0.2) is 0 Å².